The average molecular weight is 364 g/mol. The van der Waals surface area contributed by atoms with Gasteiger partial charge in [0.15, 0.2) is 0 Å². The third-order valence-corrected chi connectivity index (χ3v) is 5.88. The molecule has 2 aliphatic heterocycles. The minimum absolute atomic E-state index is 0.275. The molecule has 1 N–H and O–H groups in total. The van der Waals surface area contributed by atoms with Gasteiger partial charge in [0.2, 0.25) is 5.91 Å². The molecule has 142 valence electrons. The van der Waals surface area contributed by atoms with Crippen LogP contribution in [0, 0.1) is 12.3 Å². The summed E-state index contributed by atoms with van der Waals surface area (Å²) in [5, 5.41) is 3.34. The predicted octanol–water partition coefficient (Wildman–Crippen LogP) is 2.26. The van der Waals surface area contributed by atoms with Gasteiger partial charge in [-0.05, 0) is 37.0 Å². The van der Waals surface area contributed by atoms with E-state index >= 15 is 0 Å². The van der Waals surface area contributed by atoms with Gasteiger partial charge in [-0.25, -0.2) is 0 Å². The van der Waals surface area contributed by atoms with Crippen molar-refractivity contribution in [1.29, 1.82) is 0 Å². The molecule has 1 aromatic carbocycles. The Morgan fingerprint density at radius 2 is 1.93 bits per heavy atom. The number of carbonyl (C=O) groups is 1. The van der Waals surface area contributed by atoms with E-state index in [4.69, 9.17) is 0 Å². The first-order valence-corrected chi connectivity index (χ1v) is 9.88. The van der Waals surface area contributed by atoms with Gasteiger partial charge in [-0.15, -0.1) is 0 Å². The van der Waals surface area contributed by atoms with Gasteiger partial charge in [0, 0.05) is 57.3 Å². The van der Waals surface area contributed by atoms with E-state index in [1.807, 2.05) is 18.5 Å². The monoisotopic (exact) mass is 364 g/mol. The van der Waals surface area contributed by atoms with E-state index in [1.165, 1.54) is 16.8 Å². The van der Waals surface area contributed by atoms with Gasteiger partial charge in [0.1, 0.15) is 0 Å². The second-order valence-electron chi connectivity index (χ2n) is 7.84. The zero-order chi connectivity index (χ0) is 18.7. The van der Waals surface area contributed by atoms with Gasteiger partial charge >= 0.3 is 0 Å². The Morgan fingerprint density at radius 1 is 1.11 bits per heavy atom. The van der Waals surface area contributed by atoms with Crippen LogP contribution in [0.4, 0.5) is 5.69 Å². The highest BCUT2D eigenvalue weighted by atomic mass is 16.2. The molecule has 5 heteroatoms. The van der Waals surface area contributed by atoms with Crippen molar-refractivity contribution in [3.63, 3.8) is 0 Å². The van der Waals surface area contributed by atoms with Crippen LogP contribution in [0.2, 0.25) is 0 Å². The molecule has 1 aromatic heterocycles. The fourth-order valence-electron chi connectivity index (χ4n) is 4.28. The molecular weight excluding hydrogens is 336 g/mol. The number of aryl methyl sites for hydroxylation is 1. The molecule has 3 heterocycles. The van der Waals surface area contributed by atoms with Crippen LogP contribution >= 0.6 is 0 Å². The van der Waals surface area contributed by atoms with E-state index in [9.17, 15) is 4.79 Å². The van der Waals surface area contributed by atoms with E-state index in [-0.39, 0.29) is 5.41 Å². The lowest BCUT2D eigenvalue weighted by Gasteiger charge is -2.44. The predicted molar refractivity (Wildman–Crippen MR) is 108 cm³/mol. The van der Waals surface area contributed by atoms with Crippen LogP contribution in [0.3, 0.4) is 0 Å². The molecule has 2 fully saturated rings. The third-order valence-electron chi connectivity index (χ3n) is 5.88. The summed E-state index contributed by atoms with van der Waals surface area (Å²) in [4.78, 5) is 22.1. The fourth-order valence-corrected chi connectivity index (χ4v) is 4.28. The van der Waals surface area contributed by atoms with Gasteiger partial charge in [0.25, 0.3) is 0 Å². The van der Waals surface area contributed by atoms with Crippen molar-refractivity contribution < 1.29 is 4.79 Å². The number of hydrogen-bond donors (Lipinski definition) is 1. The van der Waals surface area contributed by atoms with E-state index < -0.39 is 0 Å². The molecular formula is C22H28N4O. The second kappa shape index (κ2) is 7.69. The van der Waals surface area contributed by atoms with Gasteiger partial charge < -0.3 is 15.1 Å². The van der Waals surface area contributed by atoms with Crippen molar-refractivity contribution in [2.75, 3.05) is 44.2 Å². The van der Waals surface area contributed by atoms with Crippen molar-refractivity contribution in [3.8, 4) is 0 Å². The molecule has 0 spiro atoms. The Kier molecular flexibility index (Phi) is 5.12. The van der Waals surface area contributed by atoms with Crippen LogP contribution in [-0.2, 0) is 11.2 Å². The molecule has 0 radical (unpaired) electrons. The number of carbonyl (C=O) groups excluding carboxylic acids is 1. The minimum Gasteiger partial charge on any atom is -0.369 e. The molecule has 27 heavy (non-hydrogen) atoms. The molecule has 4 rings (SSSR count). The number of benzene rings is 1. The lowest BCUT2D eigenvalue weighted by molar-refractivity contribution is -0.145. The molecule has 2 aromatic rings. The molecule has 0 bridgehead atoms. The van der Waals surface area contributed by atoms with Crippen molar-refractivity contribution in [1.82, 2.24) is 15.2 Å². The third kappa shape index (κ3) is 3.69. The summed E-state index contributed by atoms with van der Waals surface area (Å²) >= 11 is 0. The summed E-state index contributed by atoms with van der Waals surface area (Å²) in [6.45, 7) is 7.16. The molecule has 5 nitrogen and oxygen atoms in total. The molecule has 0 unspecified atom stereocenters. The molecule has 1 amide bonds. The maximum absolute atomic E-state index is 13.4. The topological polar surface area (TPSA) is 48.5 Å². The number of anilines is 1. The summed E-state index contributed by atoms with van der Waals surface area (Å²) in [6.07, 6.45) is 5.59. The Bertz CT molecular complexity index is 788. The molecule has 2 aliphatic rings. The summed E-state index contributed by atoms with van der Waals surface area (Å²) in [5.74, 6) is 0.318. The van der Waals surface area contributed by atoms with Crippen LogP contribution < -0.4 is 10.2 Å². The van der Waals surface area contributed by atoms with Crippen LogP contribution in [0.25, 0.3) is 0 Å². The van der Waals surface area contributed by atoms with Gasteiger partial charge in [0.05, 0.1) is 5.41 Å². The van der Waals surface area contributed by atoms with E-state index in [0.717, 1.165) is 52.1 Å². The number of aromatic nitrogens is 1. The summed E-state index contributed by atoms with van der Waals surface area (Å²) in [5.41, 5.74) is 3.41. The summed E-state index contributed by atoms with van der Waals surface area (Å²) in [7, 11) is 0. The highest BCUT2D eigenvalue weighted by molar-refractivity contribution is 5.85. The summed E-state index contributed by atoms with van der Waals surface area (Å²) < 4.78 is 0. The maximum atomic E-state index is 13.4. The Balaban J connectivity index is 1.45. The van der Waals surface area contributed by atoms with Crippen LogP contribution in [0.15, 0.2) is 48.8 Å². The SMILES string of the molecule is Cc1cnccc1N1CCCN(C(=O)C2(Cc3ccccc3)CNC2)CC1. The zero-order valence-electron chi connectivity index (χ0n) is 16.0. The Labute approximate surface area is 161 Å². The summed E-state index contributed by atoms with van der Waals surface area (Å²) in [6, 6.07) is 12.5. The first-order chi connectivity index (χ1) is 13.2. The molecule has 0 saturated carbocycles. The number of amides is 1. The van der Waals surface area contributed by atoms with Crippen molar-refractivity contribution in [3.05, 3.63) is 59.9 Å². The lowest BCUT2D eigenvalue weighted by Crippen LogP contribution is -2.63. The van der Waals surface area contributed by atoms with Crippen LogP contribution in [0.1, 0.15) is 17.5 Å². The number of nitrogens with zero attached hydrogens (tertiary/aromatic N) is 3. The standard InChI is InChI=1S/C22H28N4O/c1-18-15-23-9-8-20(18)25-10-5-11-26(13-12-25)21(27)22(16-24-17-22)14-19-6-3-2-4-7-19/h2-4,6-9,15,24H,5,10-14,16-17H2,1H3. The maximum Gasteiger partial charge on any atom is 0.231 e. The van der Waals surface area contributed by atoms with Gasteiger partial charge in [-0.3, -0.25) is 9.78 Å². The Hall–Kier alpha value is -2.40. The quantitative estimate of drug-likeness (QED) is 0.904. The van der Waals surface area contributed by atoms with Crippen molar-refractivity contribution in [2.24, 2.45) is 5.41 Å². The largest absolute Gasteiger partial charge is 0.369 e. The highest BCUT2D eigenvalue weighted by Crippen LogP contribution is 2.31. The number of nitrogens with one attached hydrogen (secondary N) is 1. The van der Waals surface area contributed by atoms with Crippen molar-refractivity contribution >= 4 is 11.6 Å². The number of pyridine rings is 1. The number of rotatable bonds is 4. The van der Waals surface area contributed by atoms with Crippen LogP contribution in [-0.4, -0.2) is 55.1 Å². The highest BCUT2D eigenvalue weighted by Gasteiger charge is 2.46. The zero-order valence-corrected chi connectivity index (χ0v) is 16.0. The average Bonchev–Trinajstić information content (AvgIpc) is 2.91. The second-order valence-corrected chi connectivity index (χ2v) is 7.84. The van der Waals surface area contributed by atoms with Gasteiger partial charge in [-0.2, -0.15) is 0 Å². The molecule has 2 saturated heterocycles. The van der Waals surface area contributed by atoms with E-state index in [1.54, 1.807) is 0 Å². The van der Waals surface area contributed by atoms with E-state index in [2.05, 4.69) is 57.4 Å². The molecule has 0 aliphatic carbocycles. The van der Waals surface area contributed by atoms with Gasteiger partial charge in [-0.1, -0.05) is 30.3 Å². The first-order valence-electron chi connectivity index (χ1n) is 9.88. The van der Waals surface area contributed by atoms with E-state index in [0.29, 0.717) is 5.91 Å². The fraction of sp³-hybridized carbons (Fsp3) is 0.455. The lowest BCUT2D eigenvalue weighted by atomic mass is 9.75. The smallest absolute Gasteiger partial charge is 0.231 e. The molecule has 0 atom stereocenters. The normalized spacial score (nSPS) is 19.3. The number of hydrogen-bond acceptors (Lipinski definition) is 4. The first kappa shape index (κ1) is 18.0. The Morgan fingerprint density at radius 3 is 2.63 bits per heavy atom. The van der Waals surface area contributed by atoms with Crippen molar-refractivity contribution in [2.45, 2.75) is 19.8 Å². The minimum atomic E-state index is -0.275. The van der Waals surface area contributed by atoms with Crippen LogP contribution in [0.5, 0.6) is 0 Å².